The van der Waals surface area contributed by atoms with Crippen LogP contribution >= 0.6 is 0 Å². The number of amidine groups is 1. The monoisotopic (exact) mass is 186 g/mol. The molecule has 3 rings (SSSR count). The van der Waals surface area contributed by atoms with Gasteiger partial charge in [-0.25, -0.2) is 0 Å². The van der Waals surface area contributed by atoms with Gasteiger partial charge in [-0.1, -0.05) is 0 Å². The number of nitrogens with one attached hydrogen (secondary N) is 1. The first-order chi connectivity index (χ1) is 6.84. The Kier molecular flexibility index (Phi) is 1.40. The molecule has 0 atom stereocenters. The fourth-order valence-corrected chi connectivity index (χ4v) is 1.76. The van der Waals surface area contributed by atoms with Crippen LogP contribution in [0.1, 0.15) is 0 Å². The van der Waals surface area contributed by atoms with Gasteiger partial charge in [0, 0.05) is 11.8 Å². The van der Waals surface area contributed by atoms with E-state index < -0.39 is 0 Å². The van der Waals surface area contributed by atoms with Gasteiger partial charge in [-0.15, -0.1) is 0 Å². The van der Waals surface area contributed by atoms with Crippen molar-refractivity contribution in [3.8, 4) is 0 Å². The second-order valence-electron chi connectivity index (χ2n) is 3.34. The lowest BCUT2D eigenvalue weighted by Crippen LogP contribution is -2.35. The zero-order valence-corrected chi connectivity index (χ0v) is 7.57. The quantitative estimate of drug-likeness (QED) is 0.474. The molecule has 1 radical (unpaired) electrons. The highest BCUT2D eigenvalue weighted by molar-refractivity contribution is 6.01. The van der Waals surface area contributed by atoms with Crippen molar-refractivity contribution < 1.29 is 0 Å². The van der Waals surface area contributed by atoms with E-state index in [1.165, 1.54) is 0 Å². The SMILES string of the molecule is Nc1ccc2c(c1)NCC1=NC=C[N+]12. The summed E-state index contributed by atoms with van der Waals surface area (Å²) in [5, 5.41) is 3.28. The molecule has 4 heteroatoms. The van der Waals surface area contributed by atoms with Gasteiger partial charge >= 0.3 is 0 Å². The van der Waals surface area contributed by atoms with Crippen LogP contribution < -0.4 is 16.0 Å². The third-order valence-corrected chi connectivity index (χ3v) is 2.43. The molecule has 4 nitrogen and oxygen atoms in total. The molecule has 0 fully saturated rings. The summed E-state index contributed by atoms with van der Waals surface area (Å²) in [6.07, 6.45) is 3.77. The first kappa shape index (κ1) is 7.58. The molecule has 1 aromatic carbocycles. The number of nitrogens with zero attached hydrogens (tertiary/aromatic N) is 2. The molecule has 1 aromatic rings. The average Bonchev–Trinajstić information content (AvgIpc) is 2.65. The smallest absolute Gasteiger partial charge is 0.282 e. The van der Waals surface area contributed by atoms with Gasteiger partial charge in [-0.2, -0.15) is 4.99 Å². The number of anilines is 3. The minimum absolute atomic E-state index is 0.753. The highest BCUT2D eigenvalue weighted by Crippen LogP contribution is 2.32. The van der Waals surface area contributed by atoms with Crippen LogP contribution in [0.15, 0.2) is 35.6 Å². The predicted octanol–water partition coefficient (Wildman–Crippen LogP) is 1.35. The fourth-order valence-electron chi connectivity index (χ4n) is 1.76. The van der Waals surface area contributed by atoms with Crippen LogP contribution in [0.4, 0.5) is 17.1 Å². The van der Waals surface area contributed by atoms with E-state index in [0.29, 0.717) is 0 Å². The number of rotatable bonds is 0. The second kappa shape index (κ2) is 2.59. The molecule has 0 saturated heterocycles. The summed E-state index contributed by atoms with van der Waals surface area (Å²) < 4.78 is 0. The van der Waals surface area contributed by atoms with E-state index in [9.17, 15) is 0 Å². The van der Waals surface area contributed by atoms with Crippen molar-refractivity contribution in [2.24, 2.45) is 4.99 Å². The van der Waals surface area contributed by atoms with Gasteiger partial charge in [-0.05, 0) is 17.0 Å². The molecule has 0 saturated carbocycles. The summed E-state index contributed by atoms with van der Waals surface area (Å²) >= 11 is 0. The van der Waals surface area contributed by atoms with Crippen molar-refractivity contribution in [1.29, 1.82) is 0 Å². The first-order valence-electron chi connectivity index (χ1n) is 4.50. The third-order valence-electron chi connectivity index (χ3n) is 2.43. The molecule has 69 valence electrons. The van der Waals surface area contributed by atoms with Crippen LogP contribution in [-0.2, 0) is 0 Å². The lowest BCUT2D eigenvalue weighted by atomic mass is 10.2. The highest BCUT2D eigenvalue weighted by atomic mass is 15.3. The average molecular weight is 186 g/mol. The molecule has 0 unspecified atom stereocenters. The van der Waals surface area contributed by atoms with Gasteiger partial charge in [0.25, 0.3) is 5.84 Å². The number of hydrogen-bond acceptors (Lipinski definition) is 4. The fraction of sp³-hybridized carbons (Fsp3) is 0.100. The largest absolute Gasteiger partial charge is 0.399 e. The normalized spacial score (nSPS) is 18.4. The Balaban J connectivity index is 2.15. The molecule has 3 N–H and O–H groups in total. The molecule has 2 aliphatic heterocycles. The Bertz CT molecular complexity index is 447. The standard InChI is InChI=1S/C10H10N4/c11-7-1-2-9-8(5-7)13-6-10-12-3-4-14(9)10/h1-5,13H,6,11H2/q+1. The lowest BCUT2D eigenvalue weighted by Gasteiger charge is -2.16. The van der Waals surface area contributed by atoms with Crippen LogP contribution in [0, 0.1) is 0 Å². The molecule has 2 aliphatic rings. The maximum absolute atomic E-state index is 5.71. The second-order valence-corrected chi connectivity index (χ2v) is 3.34. The number of aliphatic imine (C=N–C) groups is 1. The molecule has 0 aromatic heterocycles. The number of benzene rings is 1. The molecule has 2 heterocycles. The van der Waals surface area contributed by atoms with Crippen LogP contribution in [0.2, 0.25) is 0 Å². The number of nitrogen functional groups attached to an aromatic ring is 1. The van der Waals surface area contributed by atoms with Crippen molar-refractivity contribution in [3.05, 3.63) is 30.6 Å². The van der Waals surface area contributed by atoms with Crippen LogP contribution in [-0.4, -0.2) is 12.4 Å². The van der Waals surface area contributed by atoms with E-state index in [4.69, 9.17) is 5.73 Å². The Morgan fingerprint density at radius 2 is 2.36 bits per heavy atom. The van der Waals surface area contributed by atoms with E-state index in [1.54, 1.807) is 0 Å². The zero-order valence-electron chi connectivity index (χ0n) is 7.57. The van der Waals surface area contributed by atoms with Gasteiger partial charge in [0.2, 0.25) is 5.69 Å². The Morgan fingerprint density at radius 3 is 3.29 bits per heavy atom. The topological polar surface area (TPSA) is 56.3 Å². The molecule has 14 heavy (non-hydrogen) atoms. The summed E-state index contributed by atoms with van der Waals surface area (Å²) in [5.74, 6) is 1.03. The Hall–Kier alpha value is -1.81. The van der Waals surface area contributed by atoms with Gasteiger partial charge < -0.3 is 11.1 Å². The Labute approximate surface area is 81.7 Å². The number of nitrogens with two attached hydrogens (primary N) is 1. The van der Waals surface area contributed by atoms with E-state index >= 15 is 0 Å². The minimum atomic E-state index is 0.753. The van der Waals surface area contributed by atoms with Crippen molar-refractivity contribution >= 4 is 22.9 Å². The van der Waals surface area contributed by atoms with Gasteiger partial charge in [0.15, 0.2) is 6.20 Å². The van der Waals surface area contributed by atoms with Gasteiger partial charge in [-0.3, -0.25) is 0 Å². The van der Waals surface area contributed by atoms with E-state index in [-0.39, 0.29) is 0 Å². The number of hydrogen-bond donors (Lipinski definition) is 2. The molecule has 0 aliphatic carbocycles. The van der Waals surface area contributed by atoms with Crippen LogP contribution in [0.3, 0.4) is 0 Å². The van der Waals surface area contributed by atoms with Gasteiger partial charge in [0.05, 0.1) is 6.20 Å². The summed E-state index contributed by atoms with van der Waals surface area (Å²) in [7, 11) is 0. The minimum Gasteiger partial charge on any atom is -0.399 e. The molecule has 0 spiro atoms. The summed E-state index contributed by atoms with van der Waals surface area (Å²) in [4.78, 5) is 6.32. The molecular formula is C10H10N4+. The zero-order chi connectivity index (χ0) is 9.54. The first-order valence-corrected chi connectivity index (χ1v) is 4.50. The summed E-state index contributed by atoms with van der Waals surface area (Å²) in [5.41, 5.74) is 8.66. The molecular weight excluding hydrogens is 176 g/mol. The van der Waals surface area contributed by atoms with E-state index in [1.807, 2.05) is 30.6 Å². The van der Waals surface area contributed by atoms with Crippen molar-refractivity contribution in [1.82, 2.24) is 4.90 Å². The summed E-state index contributed by atoms with van der Waals surface area (Å²) in [6.45, 7) is 0.753. The van der Waals surface area contributed by atoms with E-state index in [0.717, 1.165) is 29.4 Å². The maximum atomic E-state index is 5.71. The predicted molar refractivity (Wildman–Crippen MR) is 57.7 cm³/mol. The van der Waals surface area contributed by atoms with Crippen molar-refractivity contribution in [3.63, 3.8) is 0 Å². The van der Waals surface area contributed by atoms with Crippen LogP contribution in [0.25, 0.3) is 0 Å². The molecule has 0 amide bonds. The maximum Gasteiger partial charge on any atom is 0.282 e. The number of fused-ring (bicyclic) bond motifs is 3. The van der Waals surface area contributed by atoms with Crippen molar-refractivity contribution in [2.75, 3.05) is 17.6 Å². The lowest BCUT2D eigenvalue weighted by molar-refractivity contribution is 0.948. The highest BCUT2D eigenvalue weighted by Gasteiger charge is 2.34. The summed E-state index contributed by atoms with van der Waals surface area (Å²) in [6, 6.07) is 5.84. The van der Waals surface area contributed by atoms with Gasteiger partial charge in [0.1, 0.15) is 12.2 Å². The molecule has 0 bridgehead atoms. The van der Waals surface area contributed by atoms with E-state index in [2.05, 4.69) is 15.2 Å². The Morgan fingerprint density at radius 1 is 1.43 bits per heavy atom. The van der Waals surface area contributed by atoms with Crippen LogP contribution in [0.5, 0.6) is 0 Å². The third kappa shape index (κ3) is 0.944. The van der Waals surface area contributed by atoms with Crippen molar-refractivity contribution in [2.45, 2.75) is 0 Å².